The number of benzene rings is 1. The van der Waals surface area contributed by atoms with Crippen molar-refractivity contribution in [3.05, 3.63) is 40.6 Å². The van der Waals surface area contributed by atoms with Gasteiger partial charge in [0.2, 0.25) is 5.82 Å². The molecule has 1 aromatic carbocycles. The number of imidazole rings is 2. The molecule has 1 aliphatic heterocycles. The number of nitrogens with one attached hydrogen (secondary N) is 1. The molecule has 8 nitrogen and oxygen atoms in total. The van der Waals surface area contributed by atoms with Gasteiger partial charge in [0.15, 0.2) is 0 Å². The number of hydrogen-bond donors (Lipinski definition) is 1. The predicted molar refractivity (Wildman–Crippen MR) is 103 cm³/mol. The molecule has 0 bridgehead atoms. The van der Waals surface area contributed by atoms with Crippen LogP contribution in [0.25, 0.3) is 22.7 Å². The third-order valence-electron chi connectivity index (χ3n) is 5.37. The first-order valence-electron chi connectivity index (χ1n) is 9.50. The zero-order chi connectivity index (χ0) is 18.8. The predicted octanol–water partition coefficient (Wildman–Crippen LogP) is 3.27. The molecule has 0 spiro atoms. The van der Waals surface area contributed by atoms with E-state index in [1.165, 1.54) is 36.4 Å². The molecule has 142 valence electrons. The molecule has 0 radical (unpaired) electrons. The van der Waals surface area contributed by atoms with Crippen molar-refractivity contribution in [1.29, 1.82) is 0 Å². The van der Waals surface area contributed by atoms with E-state index in [0.717, 1.165) is 30.5 Å². The normalized spacial score (nSPS) is 17.9. The van der Waals surface area contributed by atoms with Crippen LogP contribution in [0, 0.1) is 10.1 Å². The Morgan fingerprint density at radius 1 is 1.26 bits per heavy atom. The molecule has 3 heterocycles. The Morgan fingerprint density at radius 2 is 2.11 bits per heavy atom. The number of para-hydroxylation sites is 2. The van der Waals surface area contributed by atoms with Gasteiger partial charge in [-0.05, 0) is 42.9 Å². The van der Waals surface area contributed by atoms with Crippen molar-refractivity contribution in [3.63, 3.8) is 0 Å². The van der Waals surface area contributed by atoms with Crippen LogP contribution < -0.4 is 5.32 Å². The van der Waals surface area contributed by atoms with Crippen molar-refractivity contribution in [2.45, 2.75) is 44.7 Å². The lowest BCUT2D eigenvalue weighted by Crippen LogP contribution is -2.29. The zero-order valence-electron chi connectivity index (χ0n) is 15.5. The lowest BCUT2D eigenvalue weighted by atomic mass is 10.1. The molecule has 1 atom stereocenters. The minimum atomic E-state index is -0.418. The summed E-state index contributed by atoms with van der Waals surface area (Å²) in [6.07, 6.45) is 7.29. The largest absolute Gasteiger partial charge is 0.358 e. The van der Waals surface area contributed by atoms with Gasteiger partial charge in [0.1, 0.15) is 6.20 Å². The fraction of sp³-hybridized carbons (Fsp3) is 0.474. The van der Waals surface area contributed by atoms with E-state index in [4.69, 9.17) is 4.98 Å². The average Bonchev–Trinajstić information content (AvgIpc) is 3.10. The maximum absolute atomic E-state index is 11.2. The molecule has 1 saturated heterocycles. The fourth-order valence-corrected chi connectivity index (χ4v) is 3.88. The smallest absolute Gasteiger partial charge is 0.343 e. The van der Waals surface area contributed by atoms with E-state index in [1.807, 2.05) is 24.3 Å². The van der Waals surface area contributed by atoms with Gasteiger partial charge in [0, 0.05) is 12.6 Å². The van der Waals surface area contributed by atoms with Crippen molar-refractivity contribution in [2.24, 2.45) is 7.05 Å². The molecule has 0 amide bonds. The summed E-state index contributed by atoms with van der Waals surface area (Å²) in [5, 5.41) is 14.8. The first-order chi connectivity index (χ1) is 13.1. The van der Waals surface area contributed by atoms with Crippen LogP contribution >= 0.6 is 0 Å². The second kappa shape index (κ2) is 7.48. The lowest BCUT2D eigenvalue weighted by molar-refractivity contribution is -0.391. The van der Waals surface area contributed by atoms with Gasteiger partial charge in [-0.1, -0.05) is 25.0 Å². The molecule has 1 unspecified atom stereocenters. The molecule has 3 aromatic rings. The molecule has 27 heavy (non-hydrogen) atoms. The van der Waals surface area contributed by atoms with Crippen molar-refractivity contribution in [2.75, 3.05) is 6.54 Å². The van der Waals surface area contributed by atoms with Gasteiger partial charge in [-0.25, -0.2) is 14.5 Å². The topological polar surface area (TPSA) is 90.8 Å². The Kier molecular flexibility index (Phi) is 4.89. The molecule has 4 rings (SSSR count). The van der Waals surface area contributed by atoms with Gasteiger partial charge < -0.3 is 20.0 Å². The van der Waals surface area contributed by atoms with Crippen LogP contribution in [0.4, 0.5) is 5.82 Å². The quantitative estimate of drug-likeness (QED) is 0.551. The number of fused-ring (bicyclic) bond motifs is 1. The van der Waals surface area contributed by atoms with Gasteiger partial charge in [-0.15, -0.1) is 0 Å². The standard InChI is InChI=1S/C19H24N6O2/c1-23-17(25(26)27)13-21-18(23)19-22-15-8-4-5-9-16(15)24(19)12-10-14-7-3-2-6-11-20-14/h4-5,8-9,13-14,20H,2-3,6-7,10-12H2,1H3. The number of hydrogen-bond acceptors (Lipinski definition) is 5. The summed E-state index contributed by atoms with van der Waals surface area (Å²) in [6, 6.07) is 8.46. The second-order valence-corrected chi connectivity index (χ2v) is 7.12. The van der Waals surface area contributed by atoms with Crippen LogP contribution in [-0.4, -0.2) is 36.6 Å². The van der Waals surface area contributed by atoms with E-state index in [1.54, 1.807) is 7.05 Å². The second-order valence-electron chi connectivity index (χ2n) is 7.12. The third-order valence-corrected chi connectivity index (χ3v) is 5.37. The summed E-state index contributed by atoms with van der Waals surface area (Å²) in [4.78, 5) is 19.8. The van der Waals surface area contributed by atoms with Gasteiger partial charge in [0.05, 0.1) is 18.1 Å². The summed E-state index contributed by atoms with van der Waals surface area (Å²) in [5.41, 5.74) is 1.92. The number of aromatic nitrogens is 4. The lowest BCUT2D eigenvalue weighted by Gasteiger charge is -2.17. The summed E-state index contributed by atoms with van der Waals surface area (Å²) >= 11 is 0. The van der Waals surface area contributed by atoms with Crippen LogP contribution in [0.15, 0.2) is 30.5 Å². The molecule has 2 aromatic heterocycles. The van der Waals surface area contributed by atoms with Gasteiger partial charge in [0.25, 0.3) is 5.82 Å². The van der Waals surface area contributed by atoms with Crippen LogP contribution in [0.5, 0.6) is 0 Å². The number of nitrogens with zero attached hydrogens (tertiary/aromatic N) is 5. The van der Waals surface area contributed by atoms with Crippen LogP contribution in [-0.2, 0) is 13.6 Å². The Balaban J connectivity index is 1.70. The highest BCUT2D eigenvalue weighted by atomic mass is 16.6. The van der Waals surface area contributed by atoms with Gasteiger partial charge >= 0.3 is 5.82 Å². The molecule has 1 fully saturated rings. The highest BCUT2D eigenvalue weighted by molar-refractivity contribution is 5.79. The Bertz CT molecular complexity index is 952. The monoisotopic (exact) mass is 368 g/mol. The third kappa shape index (κ3) is 3.44. The van der Waals surface area contributed by atoms with E-state index in [0.29, 0.717) is 17.7 Å². The molecule has 8 heteroatoms. The highest BCUT2D eigenvalue weighted by Crippen LogP contribution is 2.27. The molecular formula is C19H24N6O2. The Labute approximate surface area is 157 Å². The van der Waals surface area contributed by atoms with Gasteiger partial charge in [-0.3, -0.25) is 0 Å². The number of nitro groups is 1. The maximum atomic E-state index is 11.2. The summed E-state index contributed by atoms with van der Waals surface area (Å²) in [6.45, 7) is 1.88. The van der Waals surface area contributed by atoms with Crippen molar-refractivity contribution >= 4 is 16.9 Å². The minimum absolute atomic E-state index is 0.0333. The molecule has 0 aliphatic carbocycles. The van der Waals surface area contributed by atoms with Gasteiger partial charge in [-0.2, -0.15) is 0 Å². The molecule has 1 N–H and O–H groups in total. The average molecular weight is 368 g/mol. The minimum Gasteiger partial charge on any atom is -0.358 e. The van der Waals surface area contributed by atoms with E-state index in [-0.39, 0.29) is 5.82 Å². The van der Waals surface area contributed by atoms with Crippen molar-refractivity contribution < 1.29 is 4.92 Å². The first kappa shape index (κ1) is 17.7. The van der Waals surface area contributed by atoms with E-state index in [2.05, 4.69) is 14.9 Å². The maximum Gasteiger partial charge on any atom is 0.343 e. The van der Waals surface area contributed by atoms with Crippen molar-refractivity contribution in [1.82, 2.24) is 24.4 Å². The van der Waals surface area contributed by atoms with Crippen LogP contribution in [0.3, 0.4) is 0 Å². The summed E-state index contributed by atoms with van der Waals surface area (Å²) < 4.78 is 3.65. The van der Waals surface area contributed by atoms with Crippen molar-refractivity contribution in [3.8, 4) is 11.6 Å². The number of aryl methyl sites for hydroxylation is 1. The first-order valence-corrected chi connectivity index (χ1v) is 9.50. The van der Waals surface area contributed by atoms with E-state index in [9.17, 15) is 10.1 Å². The number of rotatable bonds is 5. The van der Waals surface area contributed by atoms with Crippen LogP contribution in [0.1, 0.15) is 32.1 Å². The SMILES string of the molecule is Cn1c([N+](=O)[O-])cnc1-c1nc2ccccc2n1CCC1CCCCCN1. The summed E-state index contributed by atoms with van der Waals surface area (Å²) in [7, 11) is 1.66. The fourth-order valence-electron chi connectivity index (χ4n) is 3.88. The molecule has 0 saturated carbocycles. The van der Waals surface area contributed by atoms with E-state index < -0.39 is 4.92 Å². The van der Waals surface area contributed by atoms with E-state index >= 15 is 0 Å². The molecular weight excluding hydrogens is 344 g/mol. The van der Waals surface area contributed by atoms with Crippen LogP contribution in [0.2, 0.25) is 0 Å². The highest BCUT2D eigenvalue weighted by Gasteiger charge is 2.24. The zero-order valence-corrected chi connectivity index (χ0v) is 15.5. The molecule has 1 aliphatic rings. The summed E-state index contributed by atoms with van der Waals surface area (Å²) in [5.74, 6) is 1.17. The Morgan fingerprint density at radius 3 is 2.93 bits per heavy atom. The Hall–Kier alpha value is -2.74.